The molecule has 0 bridgehead atoms. The van der Waals surface area contributed by atoms with E-state index in [-0.39, 0.29) is 5.75 Å². The molecular formula is C12H10Cl2NOS+. The summed E-state index contributed by atoms with van der Waals surface area (Å²) in [5.41, 5.74) is 2.08. The molecule has 1 aromatic carbocycles. The molecule has 17 heavy (non-hydrogen) atoms. The van der Waals surface area contributed by atoms with Crippen LogP contribution >= 0.6 is 34.5 Å². The van der Waals surface area contributed by atoms with Crippen molar-refractivity contribution in [2.75, 3.05) is 0 Å². The number of rotatable bonds is 2. The SMILES string of the molecule is CC(=[NH2+])c1csc(-c2ccc(Cl)c(Cl)c2)c1O. The molecule has 0 fully saturated rings. The van der Waals surface area contributed by atoms with E-state index in [0.717, 1.165) is 10.4 Å². The quantitative estimate of drug-likeness (QED) is 0.819. The number of aromatic hydroxyl groups is 1. The maximum absolute atomic E-state index is 10.0. The van der Waals surface area contributed by atoms with Gasteiger partial charge in [0.25, 0.3) is 0 Å². The van der Waals surface area contributed by atoms with E-state index in [1.807, 2.05) is 11.4 Å². The van der Waals surface area contributed by atoms with Gasteiger partial charge < -0.3 is 5.11 Å². The highest BCUT2D eigenvalue weighted by Crippen LogP contribution is 2.40. The number of benzene rings is 1. The van der Waals surface area contributed by atoms with E-state index in [1.165, 1.54) is 11.3 Å². The van der Waals surface area contributed by atoms with Crippen molar-refractivity contribution in [3.63, 3.8) is 0 Å². The van der Waals surface area contributed by atoms with Crippen molar-refractivity contribution in [3.05, 3.63) is 39.2 Å². The van der Waals surface area contributed by atoms with Gasteiger partial charge in [0, 0.05) is 12.3 Å². The molecule has 2 nitrogen and oxygen atoms in total. The molecule has 5 heteroatoms. The van der Waals surface area contributed by atoms with Crippen LogP contribution in [0.3, 0.4) is 0 Å². The Labute approximate surface area is 113 Å². The van der Waals surface area contributed by atoms with Gasteiger partial charge in [-0.05, 0) is 17.7 Å². The van der Waals surface area contributed by atoms with Crippen molar-refractivity contribution in [2.45, 2.75) is 6.92 Å². The molecular weight excluding hydrogens is 277 g/mol. The Morgan fingerprint density at radius 2 is 2.00 bits per heavy atom. The highest BCUT2D eigenvalue weighted by molar-refractivity contribution is 7.14. The molecule has 2 aromatic rings. The number of hydrogen-bond donors (Lipinski definition) is 2. The van der Waals surface area contributed by atoms with Crippen molar-refractivity contribution in [1.82, 2.24) is 0 Å². The predicted octanol–water partition coefficient (Wildman–Crippen LogP) is 3.00. The fourth-order valence-electron chi connectivity index (χ4n) is 1.47. The summed E-state index contributed by atoms with van der Waals surface area (Å²) >= 11 is 13.2. The zero-order valence-electron chi connectivity index (χ0n) is 9.00. The van der Waals surface area contributed by atoms with E-state index in [2.05, 4.69) is 0 Å². The van der Waals surface area contributed by atoms with Gasteiger partial charge in [-0.2, -0.15) is 0 Å². The van der Waals surface area contributed by atoms with E-state index in [9.17, 15) is 5.11 Å². The Morgan fingerprint density at radius 1 is 1.29 bits per heavy atom. The Kier molecular flexibility index (Phi) is 3.43. The van der Waals surface area contributed by atoms with Gasteiger partial charge in [-0.25, -0.2) is 0 Å². The van der Waals surface area contributed by atoms with Gasteiger partial charge >= 0.3 is 0 Å². The molecule has 0 aliphatic heterocycles. The summed E-state index contributed by atoms with van der Waals surface area (Å²) in [4.78, 5) is 0.739. The van der Waals surface area contributed by atoms with Crippen molar-refractivity contribution in [1.29, 1.82) is 0 Å². The molecule has 0 radical (unpaired) electrons. The van der Waals surface area contributed by atoms with Crippen molar-refractivity contribution in [3.8, 4) is 16.2 Å². The van der Waals surface area contributed by atoms with Crippen LogP contribution in [0.25, 0.3) is 10.4 Å². The average molecular weight is 287 g/mol. The summed E-state index contributed by atoms with van der Waals surface area (Å²) in [6.45, 7) is 1.75. The molecule has 1 heterocycles. The molecule has 0 spiro atoms. The highest BCUT2D eigenvalue weighted by atomic mass is 35.5. The molecule has 0 atom stereocenters. The first-order chi connectivity index (χ1) is 8.00. The zero-order chi connectivity index (χ0) is 12.6. The van der Waals surface area contributed by atoms with Crippen LogP contribution in [-0.4, -0.2) is 10.8 Å². The number of hydrogen-bond acceptors (Lipinski definition) is 2. The fourth-order valence-corrected chi connectivity index (χ4v) is 2.79. The summed E-state index contributed by atoms with van der Waals surface area (Å²) < 4.78 is 0. The second-order valence-corrected chi connectivity index (χ2v) is 5.33. The van der Waals surface area contributed by atoms with Crippen molar-refractivity contribution < 1.29 is 10.5 Å². The monoisotopic (exact) mass is 286 g/mol. The zero-order valence-corrected chi connectivity index (χ0v) is 11.3. The lowest BCUT2D eigenvalue weighted by Crippen LogP contribution is -2.37. The molecule has 88 valence electrons. The average Bonchev–Trinajstić information content (AvgIpc) is 2.64. The van der Waals surface area contributed by atoms with Crippen LogP contribution in [0.1, 0.15) is 12.5 Å². The van der Waals surface area contributed by atoms with Crippen LogP contribution in [0.15, 0.2) is 23.6 Å². The van der Waals surface area contributed by atoms with E-state index in [1.54, 1.807) is 19.1 Å². The Bertz CT molecular complexity index is 592. The first kappa shape index (κ1) is 12.4. The van der Waals surface area contributed by atoms with E-state index >= 15 is 0 Å². The standard InChI is InChI=1S/C12H9Cl2NOS/c1-6(15)8-5-17-12(11(8)16)7-2-3-9(13)10(14)4-7/h2-5,15-16H,1H3/p+1. The molecule has 0 unspecified atom stereocenters. The number of thiophene rings is 1. The summed E-state index contributed by atoms with van der Waals surface area (Å²) in [7, 11) is 0. The van der Waals surface area contributed by atoms with Crippen LogP contribution < -0.4 is 5.41 Å². The lowest BCUT2D eigenvalue weighted by atomic mass is 10.1. The summed E-state index contributed by atoms with van der Waals surface area (Å²) in [6.07, 6.45) is 0. The lowest BCUT2D eigenvalue weighted by molar-refractivity contribution is -0.113. The lowest BCUT2D eigenvalue weighted by Gasteiger charge is -2.01. The maximum Gasteiger partial charge on any atom is 0.181 e. The smallest absolute Gasteiger partial charge is 0.181 e. The second kappa shape index (κ2) is 4.69. The minimum absolute atomic E-state index is 0.188. The van der Waals surface area contributed by atoms with Gasteiger partial charge in [-0.15, -0.1) is 11.3 Å². The van der Waals surface area contributed by atoms with Gasteiger partial charge in [0.05, 0.1) is 20.5 Å². The van der Waals surface area contributed by atoms with Gasteiger partial charge in [0.15, 0.2) is 5.71 Å². The van der Waals surface area contributed by atoms with Crippen LogP contribution in [0.4, 0.5) is 0 Å². The normalized spacial score (nSPS) is 10.5. The molecule has 0 aliphatic rings. The molecule has 1 aromatic heterocycles. The fraction of sp³-hybridized carbons (Fsp3) is 0.0833. The predicted molar refractivity (Wildman–Crippen MR) is 73.1 cm³/mol. The first-order valence-corrected chi connectivity index (χ1v) is 6.49. The van der Waals surface area contributed by atoms with Crippen molar-refractivity contribution >= 4 is 40.3 Å². The number of halogens is 2. The third-order valence-electron chi connectivity index (χ3n) is 2.37. The molecule has 3 N–H and O–H groups in total. The molecule has 0 aliphatic carbocycles. The topological polar surface area (TPSA) is 45.8 Å². The highest BCUT2D eigenvalue weighted by Gasteiger charge is 2.16. The molecule has 2 rings (SSSR count). The first-order valence-electron chi connectivity index (χ1n) is 4.86. The van der Waals surface area contributed by atoms with E-state index < -0.39 is 0 Å². The Hall–Kier alpha value is -1.03. The van der Waals surface area contributed by atoms with Gasteiger partial charge in [-0.1, -0.05) is 29.3 Å². The minimum atomic E-state index is 0.188. The number of nitrogens with two attached hydrogens (primary N) is 1. The Morgan fingerprint density at radius 3 is 2.53 bits per heavy atom. The maximum atomic E-state index is 10.0. The van der Waals surface area contributed by atoms with Crippen LogP contribution in [0, 0.1) is 0 Å². The van der Waals surface area contributed by atoms with E-state index in [4.69, 9.17) is 28.6 Å². The summed E-state index contributed by atoms with van der Waals surface area (Å²) in [5.74, 6) is 0.188. The van der Waals surface area contributed by atoms with Crippen LogP contribution in [0.2, 0.25) is 10.0 Å². The van der Waals surface area contributed by atoms with E-state index in [0.29, 0.717) is 21.3 Å². The van der Waals surface area contributed by atoms with Crippen LogP contribution in [-0.2, 0) is 0 Å². The third kappa shape index (κ3) is 2.32. The van der Waals surface area contributed by atoms with Crippen LogP contribution in [0.5, 0.6) is 5.75 Å². The largest absolute Gasteiger partial charge is 0.506 e. The molecule has 0 saturated carbocycles. The minimum Gasteiger partial charge on any atom is -0.506 e. The van der Waals surface area contributed by atoms with Gasteiger partial charge in [0.1, 0.15) is 5.75 Å². The third-order valence-corrected chi connectivity index (χ3v) is 4.13. The molecule has 0 saturated heterocycles. The second-order valence-electron chi connectivity index (χ2n) is 3.64. The molecule has 0 amide bonds. The Balaban J connectivity index is 2.53. The summed E-state index contributed by atoms with van der Waals surface area (Å²) in [5, 5.41) is 18.5. The van der Waals surface area contributed by atoms with Gasteiger partial charge in [0.2, 0.25) is 0 Å². The van der Waals surface area contributed by atoms with Gasteiger partial charge in [-0.3, -0.25) is 5.41 Å². The summed E-state index contributed by atoms with van der Waals surface area (Å²) in [6, 6.07) is 5.25. The van der Waals surface area contributed by atoms with Crippen molar-refractivity contribution in [2.24, 2.45) is 0 Å².